The average molecular weight is 445 g/mol. The van der Waals surface area contributed by atoms with Crippen molar-refractivity contribution in [3.8, 4) is 11.8 Å². The standard InChI is InChI=1S/C27H25ClN2O2/c1-17-5-10-25(18(2)11-17)30-27(31)23(15-29)14-22-12-19(3)26(20(4)13-22)32-16-21-6-8-24(28)9-7-21/h5-14H,16H2,1-4H3,(H,30,31)/b23-14+. The fourth-order valence-corrected chi connectivity index (χ4v) is 3.62. The van der Waals surface area contributed by atoms with E-state index in [1.54, 1.807) is 6.08 Å². The zero-order valence-corrected chi connectivity index (χ0v) is 19.4. The van der Waals surface area contributed by atoms with Crippen molar-refractivity contribution in [1.29, 1.82) is 5.26 Å². The fraction of sp³-hybridized carbons (Fsp3) is 0.185. The summed E-state index contributed by atoms with van der Waals surface area (Å²) in [4.78, 5) is 12.7. The van der Waals surface area contributed by atoms with Gasteiger partial charge in [-0.1, -0.05) is 41.4 Å². The number of benzene rings is 3. The van der Waals surface area contributed by atoms with Gasteiger partial charge in [0.2, 0.25) is 0 Å². The lowest BCUT2D eigenvalue weighted by Crippen LogP contribution is -2.14. The summed E-state index contributed by atoms with van der Waals surface area (Å²) in [5.74, 6) is 0.355. The Morgan fingerprint density at radius 3 is 2.25 bits per heavy atom. The average Bonchev–Trinajstić information content (AvgIpc) is 2.74. The molecule has 0 atom stereocenters. The van der Waals surface area contributed by atoms with Crippen molar-refractivity contribution >= 4 is 29.3 Å². The molecule has 4 nitrogen and oxygen atoms in total. The van der Waals surface area contributed by atoms with Crippen molar-refractivity contribution in [1.82, 2.24) is 0 Å². The first kappa shape index (κ1) is 23.1. The predicted molar refractivity (Wildman–Crippen MR) is 130 cm³/mol. The van der Waals surface area contributed by atoms with E-state index in [9.17, 15) is 10.1 Å². The number of hydrogen-bond acceptors (Lipinski definition) is 3. The number of ether oxygens (including phenoxy) is 1. The van der Waals surface area contributed by atoms with E-state index in [0.717, 1.165) is 39.1 Å². The third-order valence-corrected chi connectivity index (χ3v) is 5.34. The van der Waals surface area contributed by atoms with Gasteiger partial charge in [0.25, 0.3) is 5.91 Å². The number of hydrogen-bond donors (Lipinski definition) is 1. The molecule has 3 aromatic carbocycles. The van der Waals surface area contributed by atoms with Gasteiger partial charge in [-0.15, -0.1) is 0 Å². The van der Waals surface area contributed by atoms with Crippen molar-refractivity contribution in [2.24, 2.45) is 0 Å². The maximum Gasteiger partial charge on any atom is 0.266 e. The third-order valence-electron chi connectivity index (χ3n) is 5.09. The summed E-state index contributed by atoms with van der Waals surface area (Å²) in [6, 6.07) is 19.1. The van der Waals surface area contributed by atoms with Gasteiger partial charge in [-0.3, -0.25) is 4.79 Å². The number of nitriles is 1. The van der Waals surface area contributed by atoms with Crippen LogP contribution in [0, 0.1) is 39.0 Å². The van der Waals surface area contributed by atoms with Crippen LogP contribution in [0.1, 0.15) is 33.4 Å². The van der Waals surface area contributed by atoms with E-state index in [2.05, 4.69) is 5.32 Å². The van der Waals surface area contributed by atoms with Crippen LogP contribution in [0.5, 0.6) is 5.75 Å². The minimum atomic E-state index is -0.433. The number of rotatable bonds is 6. The Labute approximate surface area is 194 Å². The van der Waals surface area contributed by atoms with Gasteiger partial charge in [0.1, 0.15) is 24.0 Å². The van der Waals surface area contributed by atoms with Crippen molar-refractivity contribution in [3.63, 3.8) is 0 Å². The maximum absolute atomic E-state index is 12.7. The highest BCUT2D eigenvalue weighted by molar-refractivity contribution is 6.30. The van der Waals surface area contributed by atoms with E-state index in [1.807, 2.05) is 88.4 Å². The molecule has 162 valence electrons. The molecule has 3 rings (SSSR count). The van der Waals surface area contributed by atoms with Gasteiger partial charge < -0.3 is 10.1 Å². The van der Waals surface area contributed by atoms with Crippen LogP contribution < -0.4 is 10.1 Å². The Hall–Kier alpha value is -3.55. The first-order chi connectivity index (χ1) is 15.3. The number of halogens is 1. The minimum Gasteiger partial charge on any atom is -0.488 e. The highest BCUT2D eigenvalue weighted by Crippen LogP contribution is 2.27. The lowest BCUT2D eigenvalue weighted by Gasteiger charge is -2.14. The summed E-state index contributed by atoms with van der Waals surface area (Å²) in [6.45, 7) is 8.24. The van der Waals surface area contributed by atoms with Crippen LogP contribution >= 0.6 is 11.6 Å². The Kier molecular flexibility index (Phi) is 7.35. The second-order valence-corrected chi connectivity index (χ2v) is 8.28. The number of aryl methyl sites for hydroxylation is 4. The lowest BCUT2D eigenvalue weighted by molar-refractivity contribution is -0.112. The van der Waals surface area contributed by atoms with Crippen LogP contribution in [0.2, 0.25) is 5.02 Å². The normalized spacial score (nSPS) is 11.1. The molecule has 0 heterocycles. The molecule has 0 fully saturated rings. The molecule has 1 amide bonds. The Morgan fingerprint density at radius 2 is 1.66 bits per heavy atom. The Morgan fingerprint density at radius 1 is 1.00 bits per heavy atom. The highest BCUT2D eigenvalue weighted by Gasteiger charge is 2.13. The Balaban J connectivity index is 1.77. The molecule has 1 N–H and O–H groups in total. The van der Waals surface area contributed by atoms with Crippen molar-refractivity contribution in [2.75, 3.05) is 5.32 Å². The number of nitrogens with zero attached hydrogens (tertiary/aromatic N) is 1. The summed E-state index contributed by atoms with van der Waals surface area (Å²) in [5.41, 5.74) is 6.44. The molecule has 0 bridgehead atoms. The smallest absolute Gasteiger partial charge is 0.266 e. The van der Waals surface area contributed by atoms with Crippen LogP contribution in [0.25, 0.3) is 6.08 Å². The van der Waals surface area contributed by atoms with Crippen LogP contribution in [-0.4, -0.2) is 5.91 Å². The van der Waals surface area contributed by atoms with Gasteiger partial charge in [-0.05, 0) is 91.9 Å². The van der Waals surface area contributed by atoms with Crippen LogP contribution in [0.15, 0.2) is 60.2 Å². The largest absolute Gasteiger partial charge is 0.488 e. The van der Waals surface area contributed by atoms with Gasteiger partial charge in [0, 0.05) is 10.7 Å². The number of amides is 1. The topological polar surface area (TPSA) is 62.1 Å². The van der Waals surface area contributed by atoms with E-state index >= 15 is 0 Å². The molecule has 0 saturated carbocycles. The number of nitrogens with one attached hydrogen (secondary N) is 1. The van der Waals surface area contributed by atoms with Gasteiger partial charge in [-0.2, -0.15) is 5.26 Å². The first-order valence-electron chi connectivity index (χ1n) is 10.3. The molecule has 0 aromatic heterocycles. The van der Waals surface area contributed by atoms with Crippen molar-refractivity contribution < 1.29 is 9.53 Å². The Bertz CT molecular complexity index is 1200. The summed E-state index contributed by atoms with van der Waals surface area (Å²) in [7, 11) is 0. The molecule has 0 aliphatic heterocycles. The number of carbonyl (C=O) groups is 1. The molecule has 0 unspecified atom stereocenters. The van der Waals surface area contributed by atoms with Gasteiger partial charge in [0.05, 0.1) is 0 Å². The quantitative estimate of drug-likeness (QED) is 0.340. The maximum atomic E-state index is 12.7. The SMILES string of the molecule is Cc1ccc(NC(=O)/C(C#N)=C/c2cc(C)c(OCc3ccc(Cl)cc3)c(C)c2)c(C)c1. The van der Waals surface area contributed by atoms with Crippen molar-refractivity contribution in [3.05, 3.63) is 98.6 Å². The molecular weight excluding hydrogens is 420 g/mol. The van der Waals surface area contributed by atoms with Crippen LogP contribution in [0.4, 0.5) is 5.69 Å². The first-order valence-corrected chi connectivity index (χ1v) is 10.6. The van der Waals surface area contributed by atoms with E-state index in [0.29, 0.717) is 17.3 Å². The summed E-state index contributed by atoms with van der Waals surface area (Å²) in [6.07, 6.45) is 1.60. The van der Waals surface area contributed by atoms with E-state index in [-0.39, 0.29) is 5.57 Å². The molecule has 5 heteroatoms. The third kappa shape index (κ3) is 5.78. The van der Waals surface area contributed by atoms with Crippen LogP contribution in [0.3, 0.4) is 0 Å². The van der Waals surface area contributed by atoms with Gasteiger partial charge in [-0.25, -0.2) is 0 Å². The summed E-state index contributed by atoms with van der Waals surface area (Å²) < 4.78 is 6.02. The van der Waals surface area contributed by atoms with Gasteiger partial charge >= 0.3 is 0 Å². The molecule has 0 aliphatic rings. The summed E-state index contributed by atoms with van der Waals surface area (Å²) >= 11 is 5.93. The monoisotopic (exact) mass is 444 g/mol. The van der Waals surface area contributed by atoms with E-state index < -0.39 is 5.91 Å². The second kappa shape index (κ2) is 10.2. The number of carbonyl (C=O) groups excluding carboxylic acids is 1. The van der Waals surface area contributed by atoms with Crippen LogP contribution in [-0.2, 0) is 11.4 Å². The minimum absolute atomic E-state index is 0.0404. The lowest BCUT2D eigenvalue weighted by atomic mass is 10.0. The molecule has 3 aromatic rings. The molecule has 32 heavy (non-hydrogen) atoms. The molecular formula is C27H25ClN2O2. The molecule has 0 saturated heterocycles. The predicted octanol–water partition coefficient (Wildman–Crippen LogP) is 6.70. The zero-order chi connectivity index (χ0) is 23.3. The molecule has 0 radical (unpaired) electrons. The van der Waals surface area contributed by atoms with Gasteiger partial charge in [0.15, 0.2) is 0 Å². The second-order valence-electron chi connectivity index (χ2n) is 7.84. The van der Waals surface area contributed by atoms with E-state index in [4.69, 9.17) is 16.3 Å². The molecule has 0 aliphatic carbocycles. The highest BCUT2D eigenvalue weighted by atomic mass is 35.5. The van der Waals surface area contributed by atoms with E-state index in [1.165, 1.54) is 0 Å². The zero-order valence-electron chi connectivity index (χ0n) is 18.6. The fourth-order valence-electron chi connectivity index (χ4n) is 3.49. The van der Waals surface area contributed by atoms with Crippen molar-refractivity contribution in [2.45, 2.75) is 34.3 Å². The summed E-state index contributed by atoms with van der Waals surface area (Å²) in [5, 5.41) is 13.1. The molecule has 0 spiro atoms. The number of anilines is 1.